The molecular weight excluding hydrogens is 473 g/mol. The van der Waals surface area contributed by atoms with Crippen molar-refractivity contribution in [2.75, 3.05) is 13.7 Å². The molecular formula is C19H17ClFNO5S3. The topological polar surface area (TPSA) is 89.5 Å². The summed E-state index contributed by atoms with van der Waals surface area (Å²) < 4.78 is 72.4. The van der Waals surface area contributed by atoms with Crippen LogP contribution in [0.4, 0.5) is 4.39 Å². The van der Waals surface area contributed by atoms with Gasteiger partial charge in [0.1, 0.15) is 21.0 Å². The molecule has 11 heteroatoms. The van der Waals surface area contributed by atoms with E-state index in [1.54, 1.807) is 11.4 Å². The van der Waals surface area contributed by atoms with Crippen molar-refractivity contribution in [3.05, 3.63) is 76.4 Å². The molecule has 2 aromatic carbocycles. The summed E-state index contributed by atoms with van der Waals surface area (Å²) in [7, 11) is -6.60. The van der Waals surface area contributed by atoms with Gasteiger partial charge in [-0.25, -0.2) is 25.9 Å². The molecule has 1 heterocycles. The van der Waals surface area contributed by atoms with Gasteiger partial charge >= 0.3 is 0 Å². The molecule has 1 atom stereocenters. The van der Waals surface area contributed by atoms with Crippen molar-refractivity contribution in [1.82, 2.24) is 4.72 Å². The van der Waals surface area contributed by atoms with Crippen molar-refractivity contribution in [3.63, 3.8) is 0 Å². The van der Waals surface area contributed by atoms with Crippen molar-refractivity contribution in [2.45, 2.75) is 14.4 Å². The minimum atomic E-state index is -4.07. The highest BCUT2D eigenvalue weighted by molar-refractivity contribution is 7.93. The van der Waals surface area contributed by atoms with Crippen molar-refractivity contribution < 1.29 is 26.0 Å². The van der Waals surface area contributed by atoms with Crippen LogP contribution in [0, 0.1) is 5.82 Å². The minimum absolute atomic E-state index is 0.0866. The number of hydrogen-bond donors (Lipinski definition) is 1. The molecule has 1 aromatic heterocycles. The molecule has 3 rings (SSSR count). The van der Waals surface area contributed by atoms with Gasteiger partial charge in [-0.2, -0.15) is 0 Å². The first-order valence-electron chi connectivity index (χ1n) is 8.51. The monoisotopic (exact) mass is 489 g/mol. The number of sulfone groups is 1. The van der Waals surface area contributed by atoms with Crippen molar-refractivity contribution in [1.29, 1.82) is 0 Å². The average Bonchev–Trinajstić information content (AvgIpc) is 3.25. The highest BCUT2D eigenvalue weighted by atomic mass is 35.5. The van der Waals surface area contributed by atoms with Crippen LogP contribution in [-0.2, 0) is 19.9 Å². The summed E-state index contributed by atoms with van der Waals surface area (Å²) in [6, 6.07) is 11.8. The fourth-order valence-electron chi connectivity index (χ4n) is 2.73. The van der Waals surface area contributed by atoms with Crippen LogP contribution < -0.4 is 9.46 Å². The third kappa shape index (κ3) is 4.84. The molecule has 0 bridgehead atoms. The number of hydrogen-bond acceptors (Lipinski definition) is 6. The molecule has 1 unspecified atom stereocenters. The fraction of sp³-hybridized carbons (Fsp3) is 0.158. The van der Waals surface area contributed by atoms with E-state index in [4.69, 9.17) is 16.3 Å². The van der Waals surface area contributed by atoms with Gasteiger partial charge < -0.3 is 4.74 Å². The number of thiophene rings is 1. The molecule has 0 spiro atoms. The average molecular weight is 490 g/mol. The number of methoxy groups -OCH3 is 1. The second-order valence-electron chi connectivity index (χ2n) is 6.17. The van der Waals surface area contributed by atoms with Crippen LogP contribution in [0.1, 0.15) is 10.8 Å². The van der Waals surface area contributed by atoms with Gasteiger partial charge in [0, 0.05) is 6.54 Å². The van der Waals surface area contributed by atoms with Gasteiger partial charge in [-0.1, -0.05) is 29.8 Å². The highest BCUT2D eigenvalue weighted by Gasteiger charge is 2.31. The smallest absolute Gasteiger partial charge is 0.240 e. The van der Waals surface area contributed by atoms with Crippen molar-refractivity contribution in [3.8, 4) is 5.75 Å². The van der Waals surface area contributed by atoms with Crippen LogP contribution in [0.2, 0.25) is 5.02 Å². The quantitative estimate of drug-likeness (QED) is 0.515. The van der Waals surface area contributed by atoms with E-state index in [1.807, 2.05) is 0 Å². The van der Waals surface area contributed by atoms with E-state index in [0.29, 0.717) is 5.75 Å². The van der Waals surface area contributed by atoms with E-state index in [0.717, 1.165) is 23.5 Å². The number of sulfonamides is 1. The van der Waals surface area contributed by atoms with Crippen LogP contribution in [0.25, 0.3) is 0 Å². The van der Waals surface area contributed by atoms with Gasteiger partial charge in [0.2, 0.25) is 10.0 Å². The Balaban J connectivity index is 1.94. The summed E-state index contributed by atoms with van der Waals surface area (Å²) in [5, 5.41) is 0.458. The van der Waals surface area contributed by atoms with Gasteiger partial charge in [-0.3, -0.25) is 0 Å². The third-order valence-corrected chi connectivity index (χ3v) is 9.53. The molecule has 6 nitrogen and oxygen atoms in total. The van der Waals surface area contributed by atoms with Gasteiger partial charge in [-0.05, 0) is 47.3 Å². The molecule has 0 aliphatic heterocycles. The summed E-state index contributed by atoms with van der Waals surface area (Å²) >= 11 is 7.02. The van der Waals surface area contributed by atoms with E-state index in [9.17, 15) is 21.2 Å². The Morgan fingerprint density at radius 3 is 2.37 bits per heavy atom. The van der Waals surface area contributed by atoms with E-state index in [-0.39, 0.29) is 19.7 Å². The third-order valence-electron chi connectivity index (χ3n) is 4.28. The molecule has 0 amide bonds. The number of nitrogens with one attached hydrogen (secondary N) is 1. The Kier molecular flexibility index (Phi) is 6.83. The molecule has 0 aliphatic rings. The second-order valence-corrected chi connectivity index (χ2v) is 11.6. The largest absolute Gasteiger partial charge is 0.495 e. The van der Waals surface area contributed by atoms with Crippen LogP contribution in [0.15, 0.2) is 69.1 Å². The molecule has 3 aromatic rings. The Labute approximate surface area is 183 Å². The molecule has 30 heavy (non-hydrogen) atoms. The Morgan fingerprint density at radius 2 is 1.80 bits per heavy atom. The molecule has 0 saturated carbocycles. The normalized spacial score (nSPS) is 13.2. The molecule has 160 valence electrons. The van der Waals surface area contributed by atoms with Gasteiger partial charge in [0.05, 0.1) is 17.0 Å². The molecule has 1 N–H and O–H groups in total. The zero-order valence-electron chi connectivity index (χ0n) is 15.6. The van der Waals surface area contributed by atoms with E-state index in [1.165, 1.54) is 43.5 Å². The lowest BCUT2D eigenvalue weighted by Crippen LogP contribution is -2.31. The number of ether oxygens (including phenoxy) is 1. The summed E-state index contributed by atoms with van der Waals surface area (Å²) in [5.74, 6) is -0.223. The van der Waals surface area contributed by atoms with Crippen LogP contribution >= 0.6 is 22.9 Å². The first-order valence-corrected chi connectivity index (χ1v) is 12.8. The zero-order valence-corrected chi connectivity index (χ0v) is 18.8. The lowest BCUT2D eigenvalue weighted by molar-refractivity contribution is 0.414. The lowest BCUT2D eigenvalue weighted by atomic mass is 10.1. The molecule has 0 radical (unpaired) electrons. The van der Waals surface area contributed by atoms with Gasteiger partial charge in [0.25, 0.3) is 0 Å². The summed E-state index contributed by atoms with van der Waals surface area (Å²) in [6.07, 6.45) is 0. The molecule has 0 fully saturated rings. The van der Waals surface area contributed by atoms with Crippen LogP contribution in [0.3, 0.4) is 0 Å². The van der Waals surface area contributed by atoms with E-state index >= 15 is 0 Å². The molecule has 0 aliphatic carbocycles. The van der Waals surface area contributed by atoms with Crippen LogP contribution in [-0.4, -0.2) is 30.5 Å². The zero-order chi connectivity index (χ0) is 21.9. The standard InChI is InChI=1S/C19H17ClFNO5S3/c1-27-17-9-8-15(11-16(17)20)30(25,26)22-12-18(13-4-6-14(21)7-5-13)29(23,24)19-3-2-10-28-19/h2-11,18,22H,12H2,1H3. The maximum absolute atomic E-state index is 13.3. The Morgan fingerprint density at radius 1 is 1.10 bits per heavy atom. The number of benzene rings is 2. The summed E-state index contributed by atoms with van der Waals surface area (Å²) in [6.45, 7) is -0.447. The van der Waals surface area contributed by atoms with Gasteiger partial charge in [0.15, 0.2) is 9.84 Å². The Hall–Kier alpha value is -1.98. The Bertz CT molecular complexity index is 1230. The molecule has 0 saturated heterocycles. The minimum Gasteiger partial charge on any atom is -0.495 e. The predicted molar refractivity (Wildman–Crippen MR) is 114 cm³/mol. The maximum Gasteiger partial charge on any atom is 0.240 e. The first kappa shape index (κ1) is 22.7. The highest BCUT2D eigenvalue weighted by Crippen LogP contribution is 2.32. The number of halogens is 2. The van der Waals surface area contributed by atoms with Crippen molar-refractivity contribution in [2.24, 2.45) is 0 Å². The fourth-order valence-corrected chi connectivity index (χ4v) is 7.10. The summed E-state index contributed by atoms with van der Waals surface area (Å²) in [4.78, 5) is -0.139. The second kappa shape index (κ2) is 9.03. The van der Waals surface area contributed by atoms with Crippen LogP contribution in [0.5, 0.6) is 5.75 Å². The van der Waals surface area contributed by atoms with Gasteiger partial charge in [-0.15, -0.1) is 11.3 Å². The SMILES string of the molecule is COc1ccc(S(=O)(=O)NCC(c2ccc(F)cc2)S(=O)(=O)c2cccs2)cc1Cl. The first-order chi connectivity index (χ1) is 14.1. The lowest BCUT2D eigenvalue weighted by Gasteiger charge is -2.18. The van der Waals surface area contributed by atoms with E-state index in [2.05, 4.69) is 4.72 Å². The summed E-state index contributed by atoms with van der Waals surface area (Å²) in [5.41, 5.74) is 0.264. The van der Waals surface area contributed by atoms with E-state index < -0.39 is 37.5 Å². The van der Waals surface area contributed by atoms with Crippen molar-refractivity contribution >= 4 is 42.8 Å². The maximum atomic E-state index is 13.3. The predicted octanol–water partition coefficient (Wildman–Crippen LogP) is 4.04. The number of rotatable bonds is 8.